The Morgan fingerprint density at radius 3 is 2.40 bits per heavy atom. The molecule has 1 heterocycles. The predicted octanol–water partition coefficient (Wildman–Crippen LogP) is 4.54. The lowest BCUT2D eigenvalue weighted by Crippen LogP contribution is -2.42. The number of alkyl halides is 3. The molecule has 1 aromatic heterocycles. The summed E-state index contributed by atoms with van der Waals surface area (Å²) in [6.07, 6.45) is -4.58. The van der Waals surface area contributed by atoms with Gasteiger partial charge in [0.2, 0.25) is 5.88 Å². The summed E-state index contributed by atoms with van der Waals surface area (Å²) in [4.78, 5) is 12.4. The quantitative estimate of drug-likeness (QED) is 0.826. The third-order valence-electron chi connectivity index (χ3n) is 3.23. The van der Waals surface area contributed by atoms with Crippen molar-refractivity contribution in [3.8, 4) is 5.88 Å². The van der Waals surface area contributed by atoms with Crippen LogP contribution in [0.5, 0.6) is 5.88 Å². The minimum absolute atomic E-state index is 0.217. The molecule has 0 radical (unpaired) electrons. The normalized spacial score (nSPS) is 12.2. The second kappa shape index (κ2) is 6.76. The lowest BCUT2D eigenvalue weighted by Gasteiger charge is -2.24. The molecule has 0 atom stereocenters. The highest BCUT2D eigenvalue weighted by molar-refractivity contribution is 6.36. The molecule has 0 saturated carbocycles. The third-order valence-corrected chi connectivity index (χ3v) is 3.78. The molecule has 1 aromatic carbocycles. The SMILES string of the molecule is Cn1nc(OC(C)(C)C(=O)Nc2ccc(Cl)cc2Cl)cc1C(F)(F)F. The highest BCUT2D eigenvalue weighted by Crippen LogP contribution is 2.32. The summed E-state index contributed by atoms with van der Waals surface area (Å²) in [5, 5.41) is 6.78. The van der Waals surface area contributed by atoms with Crippen molar-refractivity contribution >= 4 is 34.8 Å². The number of hydrogen-bond acceptors (Lipinski definition) is 3. The summed E-state index contributed by atoms with van der Waals surface area (Å²) < 4.78 is 44.4. The Kier molecular flexibility index (Phi) is 5.24. The van der Waals surface area contributed by atoms with Gasteiger partial charge in [-0.1, -0.05) is 23.2 Å². The van der Waals surface area contributed by atoms with Crippen molar-refractivity contribution in [2.45, 2.75) is 25.6 Å². The predicted molar refractivity (Wildman–Crippen MR) is 88.0 cm³/mol. The average molecular weight is 396 g/mol. The van der Waals surface area contributed by atoms with E-state index in [-0.39, 0.29) is 10.9 Å². The molecule has 0 saturated heterocycles. The van der Waals surface area contributed by atoms with Crippen LogP contribution in [0.3, 0.4) is 0 Å². The van der Waals surface area contributed by atoms with Crippen LogP contribution in [0, 0.1) is 0 Å². The number of amides is 1. The van der Waals surface area contributed by atoms with Gasteiger partial charge in [0.05, 0.1) is 10.7 Å². The summed E-state index contributed by atoms with van der Waals surface area (Å²) >= 11 is 11.8. The number of carbonyl (C=O) groups excluding carboxylic acids is 1. The second-order valence-corrected chi connectivity index (χ2v) is 6.52. The standard InChI is InChI=1S/C15H14Cl2F3N3O2/c1-14(2,13(24)21-10-5-4-8(16)6-9(10)17)25-12-7-11(15(18,19)20)23(3)22-12/h4-7H,1-3H3,(H,21,24). The maximum absolute atomic E-state index is 12.8. The van der Waals surface area contributed by atoms with Crippen LogP contribution in [0.15, 0.2) is 24.3 Å². The minimum Gasteiger partial charge on any atom is -0.460 e. The monoisotopic (exact) mass is 395 g/mol. The molecule has 0 bridgehead atoms. The van der Waals surface area contributed by atoms with Crippen LogP contribution in [-0.2, 0) is 18.0 Å². The van der Waals surface area contributed by atoms with Gasteiger partial charge in [-0.3, -0.25) is 9.48 Å². The molecule has 1 N–H and O–H groups in total. The van der Waals surface area contributed by atoms with Crippen LogP contribution < -0.4 is 10.1 Å². The molecule has 0 aliphatic heterocycles. The summed E-state index contributed by atoms with van der Waals surface area (Å²) in [5.41, 5.74) is -2.19. The highest BCUT2D eigenvalue weighted by atomic mass is 35.5. The molecule has 25 heavy (non-hydrogen) atoms. The molecule has 5 nitrogen and oxygen atoms in total. The largest absolute Gasteiger partial charge is 0.460 e. The van der Waals surface area contributed by atoms with E-state index in [0.717, 1.165) is 13.1 Å². The molecule has 10 heteroatoms. The number of benzene rings is 1. The molecule has 0 fully saturated rings. The van der Waals surface area contributed by atoms with Crippen LogP contribution >= 0.6 is 23.2 Å². The van der Waals surface area contributed by atoms with Crippen molar-refractivity contribution in [2.24, 2.45) is 7.05 Å². The first-order valence-electron chi connectivity index (χ1n) is 6.97. The van der Waals surface area contributed by atoms with Gasteiger partial charge >= 0.3 is 6.18 Å². The molecule has 0 unspecified atom stereocenters. The van der Waals surface area contributed by atoms with Crippen LogP contribution in [-0.4, -0.2) is 21.3 Å². The molecule has 136 valence electrons. The van der Waals surface area contributed by atoms with Gasteiger partial charge in [0.25, 0.3) is 5.91 Å². The van der Waals surface area contributed by atoms with Crippen LogP contribution in [0.1, 0.15) is 19.5 Å². The zero-order chi connectivity index (χ0) is 19.0. The highest BCUT2D eigenvalue weighted by Gasteiger charge is 2.37. The van der Waals surface area contributed by atoms with E-state index in [9.17, 15) is 18.0 Å². The number of carbonyl (C=O) groups is 1. The van der Waals surface area contributed by atoms with E-state index in [1.165, 1.54) is 32.0 Å². The Bertz CT molecular complexity index is 804. The second-order valence-electron chi connectivity index (χ2n) is 5.68. The van der Waals surface area contributed by atoms with Gasteiger partial charge in [-0.2, -0.15) is 13.2 Å². The number of ether oxygens (including phenoxy) is 1. The van der Waals surface area contributed by atoms with Gasteiger partial charge < -0.3 is 10.1 Å². The summed E-state index contributed by atoms with van der Waals surface area (Å²) in [7, 11) is 1.14. The van der Waals surface area contributed by atoms with Crippen molar-refractivity contribution in [3.05, 3.63) is 40.0 Å². The maximum Gasteiger partial charge on any atom is 0.433 e. The van der Waals surface area contributed by atoms with E-state index in [1.54, 1.807) is 0 Å². The lowest BCUT2D eigenvalue weighted by atomic mass is 10.1. The Hall–Kier alpha value is -1.93. The average Bonchev–Trinajstić information content (AvgIpc) is 2.81. The van der Waals surface area contributed by atoms with Gasteiger partial charge in [0, 0.05) is 18.1 Å². The number of rotatable bonds is 4. The fourth-order valence-corrected chi connectivity index (χ4v) is 2.38. The van der Waals surface area contributed by atoms with Crippen LogP contribution in [0.4, 0.5) is 18.9 Å². The number of aryl methyl sites for hydroxylation is 1. The molecule has 0 aliphatic rings. The molecular formula is C15H14Cl2F3N3O2. The van der Waals surface area contributed by atoms with E-state index >= 15 is 0 Å². The number of aromatic nitrogens is 2. The van der Waals surface area contributed by atoms with Gasteiger partial charge in [0.1, 0.15) is 5.69 Å². The lowest BCUT2D eigenvalue weighted by molar-refractivity contribution is -0.143. The number of halogens is 5. The Labute approximate surface area is 151 Å². The third kappa shape index (κ3) is 4.58. The van der Waals surface area contributed by atoms with Crippen molar-refractivity contribution < 1.29 is 22.7 Å². The smallest absolute Gasteiger partial charge is 0.433 e. The fraction of sp³-hybridized carbons (Fsp3) is 0.333. The van der Waals surface area contributed by atoms with E-state index < -0.39 is 23.4 Å². The molecule has 2 rings (SSSR count). The zero-order valence-corrected chi connectivity index (χ0v) is 14.9. The first-order valence-corrected chi connectivity index (χ1v) is 7.72. The molecule has 1 amide bonds. The Balaban J connectivity index is 2.16. The number of hydrogen-bond donors (Lipinski definition) is 1. The number of nitrogens with zero attached hydrogens (tertiary/aromatic N) is 2. The first kappa shape index (κ1) is 19.4. The minimum atomic E-state index is -4.58. The summed E-state index contributed by atoms with van der Waals surface area (Å²) in [6, 6.07) is 5.21. The zero-order valence-electron chi connectivity index (χ0n) is 13.4. The summed E-state index contributed by atoms with van der Waals surface area (Å²) in [6.45, 7) is 2.79. The van der Waals surface area contributed by atoms with E-state index in [1.807, 2.05) is 0 Å². The van der Waals surface area contributed by atoms with E-state index in [4.69, 9.17) is 27.9 Å². The molecule has 2 aromatic rings. The van der Waals surface area contributed by atoms with Crippen molar-refractivity contribution in [1.82, 2.24) is 9.78 Å². The topological polar surface area (TPSA) is 56.2 Å². The molecule has 0 spiro atoms. The van der Waals surface area contributed by atoms with E-state index in [0.29, 0.717) is 15.4 Å². The number of anilines is 1. The fourth-order valence-electron chi connectivity index (χ4n) is 1.93. The van der Waals surface area contributed by atoms with Crippen LogP contribution in [0.25, 0.3) is 0 Å². The summed E-state index contributed by atoms with van der Waals surface area (Å²) in [5.74, 6) is -0.937. The van der Waals surface area contributed by atoms with Crippen molar-refractivity contribution in [1.29, 1.82) is 0 Å². The first-order chi connectivity index (χ1) is 11.4. The Morgan fingerprint density at radius 1 is 1.24 bits per heavy atom. The Morgan fingerprint density at radius 2 is 1.88 bits per heavy atom. The van der Waals surface area contributed by atoms with E-state index in [2.05, 4.69) is 10.4 Å². The molecule has 0 aliphatic carbocycles. The van der Waals surface area contributed by atoms with Gasteiger partial charge in [-0.05, 0) is 32.0 Å². The van der Waals surface area contributed by atoms with Crippen LogP contribution in [0.2, 0.25) is 10.0 Å². The maximum atomic E-state index is 12.8. The van der Waals surface area contributed by atoms with Gasteiger partial charge in [-0.15, -0.1) is 5.10 Å². The number of nitrogens with one attached hydrogen (secondary N) is 1. The van der Waals surface area contributed by atoms with Gasteiger partial charge in [0.15, 0.2) is 5.60 Å². The van der Waals surface area contributed by atoms with Crippen molar-refractivity contribution in [2.75, 3.05) is 5.32 Å². The molecular weight excluding hydrogens is 382 g/mol. The van der Waals surface area contributed by atoms with Gasteiger partial charge in [-0.25, -0.2) is 0 Å². The van der Waals surface area contributed by atoms with Crippen molar-refractivity contribution in [3.63, 3.8) is 0 Å².